The van der Waals surface area contributed by atoms with Crippen LogP contribution in [-0.4, -0.2) is 24.9 Å². The number of aliphatic hydroxyl groups is 1. The fraction of sp³-hybridized carbons (Fsp3) is 0.500. The molecule has 0 saturated carbocycles. The minimum atomic E-state index is 0.0124. The first-order chi connectivity index (χ1) is 7.24. The lowest BCUT2D eigenvalue weighted by Crippen LogP contribution is -2.07. The van der Waals surface area contributed by atoms with Crippen molar-refractivity contribution in [2.24, 2.45) is 5.92 Å². The minimum Gasteiger partial charge on any atom is -0.489 e. The first kappa shape index (κ1) is 11.9. The molecule has 3 heteroatoms. The molecule has 0 atom stereocenters. The van der Waals surface area contributed by atoms with Gasteiger partial charge in [0.05, 0.1) is 13.2 Å². The molecule has 0 aliphatic carbocycles. The van der Waals surface area contributed by atoms with Gasteiger partial charge in [-0.3, -0.25) is 0 Å². The van der Waals surface area contributed by atoms with Crippen molar-refractivity contribution < 1.29 is 14.6 Å². The fourth-order valence-electron chi connectivity index (χ4n) is 1.10. The summed E-state index contributed by atoms with van der Waals surface area (Å²) in [5.74, 6) is 1.91. The molecule has 0 aliphatic heterocycles. The smallest absolute Gasteiger partial charge is 0.161 e. The third-order valence-electron chi connectivity index (χ3n) is 1.77. The Morgan fingerprint density at radius 2 is 1.73 bits per heavy atom. The number of rotatable bonds is 6. The number of hydrogen-bond donors (Lipinski definition) is 1. The third kappa shape index (κ3) is 4.21. The average molecular weight is 210 g/mol. The molecule has 3 nitrogen and oxygen atoms in total. The van der Waals surface area contributed by atoms with E-state index in [2.05, 4.69) is 13.8 Å². The van der Waals surface area contributed by atoms with Crippen molar-refractivity contribution in [2.75, 3.05) is 19.8 Å². The van der Waals surface area contributed by atoms with Crippen molar-refractivity contribution in [3.8, 4) is 11.5 Å². The molecule has 0 bridgehead atoms. The SMILES string of the molecule is CC(C)COc1ccccc1OCCO. The second-order valence-electron chi connectivity index (χ2n) is 3.72. The minimum absolute atomic E-state index is 0.0124. The van der Waals surface area contributed by atoms with Crippen LogP contribution in [0, 0.1) is 5.92 Å². The quantitative estimate of drug-likeness (QED) is 0.781. The second-order valence-corrected chi connectivity index (χ2v) is 3.72. The fourth-order valence-corrected chi connectivity index (χ4v) is 1.10. The lowest BCUT2D eigenvalue weighted by atomic mass is 10.2. The molecule has 0 amide bonds. The number of para-hydroxylation sites is 2. The summed E-state index contributed by atoms with van der Waals surface area (Å²) in [5.41, 5.74) is 0. The predicted molar refractivity (Wildman–Crippen MR) is 59.4 cm³/mol. The Morgan fingerprint density at radius 1 is 1.13 bits per heavy atom. The normalized spacial score (nSPS) is 10.4. The molecule has 0 spiro atoms. The Kier molecular flexibility index (Phi) is 4.98. The molecular weight excluding hydrogens is 192 g/mol. The Balaban J connectivity index is 2.59. The molecule has 0 heterocycles. The van der Waals surface area contributed by atoms with Gasteiger partial charge in [0.15, 0.2) is 11.5 Å². The summed E-state index contributed by atoms with van der Waals surface area (Å²) < 4.78 is 10.9. The number of aliphatic hydroxyl groups excluding tert-OH is 1. The highest BCUT2D eigenvalue weighted by Gasteiger charge is 2.04. The first-order valence-electron chi connectivity index (χ1n) is 5.19. The van der Waals surface area contributed by atoms with E-state index in [1.807, 2.05) is 24.3 Å². The van der Waals surface area contributed by atoms with Crippen molar-refractivity contribution in [1.29, 1.82) is 0 Å². The molecule has 0 fully saturated rings. The van der Waals surface area contributed by atoms with Crippen molar-refractivity contribution in [3.05, 3.63) is 24.3 Å². The maximum absolute atomic E-state index is 8.67. The van der Waals surface area contributed by atoms with Crippen LogP contribution < -0.4 is 9.47 Å². The van der Waals surface area contributed by atoms with E-state index >= 15 is 0 Å². The van der Waals surface area contributed by atoms with Crippen LogP contribution in [0.5, 0.6) is 11.5 Å². The van der Waals surface area contributed by atoms with Crippen LogP contribution in [-0.2, 0) is 0 Å². The van der Waals surface area contributed by atoms with Gasteiger partial charge >= 0.3 is 0 Å². The zero-order valence-electron chi connectivity index (χ0n) is 9.27. The van der Waals surface area contributed by atoms with Crippen molar-refractivity contribution >= 4 is 0 Å². The Labute approximate surface area is 90.6 Å². The summed E-state index contributed by atoms with van der Waals surface area (Å²) >= 11 is 0. The van der Waals surface area contributed by atoms with E-state index in [0.717, 1.165) is 5.75 Å². The lowest BCUT2D eigenvalue weighted by Gasteiger charge is -2.13. The summed E-state index contributed by atoms with van der Waals surface area (Å²) in [4.78, 5) is 0. The lowest BCUT2D eigenvalue weighted by molar-refractivity contribution is 0.190. The van der Waals surface area contributed by atoms with Gasteiger partial charge in [0.2, 0.25) is 0 Å². The van der Waals surface area contributed by atoms with Gasteiger partial charge in [0.1, 0.15) is 6.61 Å². The maximum Gasteiger partial charge on any atom is 0.161 e. The van der Waals surface area contributed by atoms with Gasteiger partial charge in [0.25, 0.3) is 0 Å². The van der Waals surface area contributed by atoms with Gasteiger partial charge in [-0.15, -0.1) is 0 Å². The summed E-state index contributed by atoms with van der Waals surface area (Å²) in [7, 11) is 0. The van der Waals surface area contributed by atoms with Gasteiger partial charge in [-0.25, -0.2) is 0 Å². The molecule has 84 valence electrons. The summed E-state index contributed by atoms with van der Waals surface area (Å²) in [6.45, 7) is 5.16. The summed E-state index contributed by atoms with van der Waals surface area (Å²) in [6.07, 6.45) is 0. The number of benzene rings is 1. The number of hydrogen-bond acceptors (Lipinski definition) is 3. The highest BCUT2D eigenvalue weighted by molar-refractivity contribution is 5.39. The zero-order chi connectivity index (χ0) is 11.1. The highest BCUT2D eigenvalue weighted by Crippen LogP contribution is 2.26. The molecule has 15 heavy (non-hydrogen) atoms. The topological polar surface area (TPSA) is 38.7 Å². The van der Waals surface area contributed by atoms with E-state index in [0.29, 0.717) is 24.9 Å². The third-order valence-corrected chi connectivity index (χ3v) is 1.77. The highest BCUT2D eigenvalue weighted by atomic mass is 16.5. The zero-order valence-corrected chi connectivity index (χ0v) is 9.27. The van der Waals surface area contributed by atoms with Crippen LogP contribution in [0.15, 0.2) is 24.3 Å². The molecule has 0 saturated heterocycles. The van der Waals surface area contributed by atoms with Crippen LogP contribution >= 0.6 is 0 Å². The van der Waals surface area contributed by atoms with E-state index in [1.165, 1.54) is 0 Å². The predicted octanol–water partition coefficient (Wildman–Crippen LogP) is 2.09. The maximum atomic E-state index is 8.67. The van der Waals surface area contributed by atoms with Gasteiger partial charge in [-0.1, -0.05) is 26.0 Å². The van der Waals surface area contributed by atoms with Crippen molar-refractivity contribution in [1.82, 2.24) is 0 Å². The van der Waals surface area contributed by atoms with E-state index in [-0.39, 0.29) is 6.61 Å². The van der Waals surface area contributed by atoms with Crippen molar-refractivity contribution in [3.63, 3.8) is 0 Å². The van der Waals surface area contributed by atoms with Crippen LogP contribution in [0.2, 0.25) is 0 Å². The van der Waals surface area contributed by atoms with Crippen LogP contribution in [0.1, 0.15) is 13.8 Å². The monoisotopic (exact) mass is 210 g/mol. The molecule has 1 aromatic carbocycles. The molecule has 1 rings (SSSR count). The van der Waals surface area contributed by atoms with E-state index in [1.54, 1.807) is 0 Å². The van der Waals surface area contributed by atoms with E-state index < -0.39 is 0 Å². The van der Waals surface area contributed by atoms with Crippen LogP contribution in [0.3, 0.4) is 0 Å². The van der Waals surface area contributed by atoms with E-state index in [9.17, 15) is 0 Å². The van der Waals surface area contributed by atoms with Gasteiger partial charge in [-0.05, 0) is 18.1 Å². The molecular formula is C12H18O3. The van der Waals surface area contributed by atoms with Gasteiger partial charge in [-0.2, -0.15) is 0 Å². The molecule has 1 aromatic rings. The second kappa shape index (κ2) is 6.30. The van der Waals surface area contributed by atoms with Crippen molar-refractivity contribution in [2.45, 2.75) is 13.8 Å². The standard InChI is InChI=1S/C12H18O3/c1-10(2)9-15-12-6-4-3-5-11(12)14-8-7-13/h3-6,10,13H,7-9H2,1-2H3. The molecule has 0 aromatic heterocycles. The Morgan fingerprint density at radius 3 is 2.27 bits per heavy atom. The average Bonchev–Trinajstić information content (AvgIpc) is 2.24. The van der Waals surface area contributed by atoms with E-state index in [4.69, 9.17) is 14.6 Å². The van der Waals surface area contributed by atoms with Crippen LogP contribution in [0.4, 0.5) is 0 Å². The molecule has 1 N–H and O–H groups in total. The molecule has 0 radical (unpaired) electrons. The van der Waals surface area contributed by atoms with Crippen LogP contribution in [0.25, 0.3) is 0 Å². The largest absolute Gasteiger partial charge is 0.489 e. The number of ether oxygens (including phenoxy) is 2. The summed E-state index contributed by atoms with van der Waals surface area (Å²) in [5, 5.41) is 8.67. The Hall–Kier alpha value is -1.22. The summed E-state index contributed by atoms with van der Waals surface area (Å²) in [6, 6.07) is 7.50. The first-order valence-corrected chi connectivity index (χ1v) is 5.19. The van der Waals surface area contributed by atoms with Gasteiger partial charge in [0, 0.05) is 0 Å². The molecule has 0 aliphatic rings. The van der Waals surface area contributed by atoms with Gasteiger partial charge < -0.3 is 14.6 Å². The molecule has 0 unspecified atom stereocenters. The Bertz CT molecular complexity index is 284.